The Morgan fingerprint density at radius 2 is 1.95 bits per heavy atom. The van der Waals surface area contributed by atoms with Crippen LogP contribution in [0.4, 0.5) is 10.5 Å². The summed E-state index contributed by atoms with van der Waals surface area (Å²) < 4.78 is 1.61. The predicted octanol–water partition coefficient (Wildman–Crippen LogP) is 3.98. The summed E-state index contributed by atoms with van der Waals surface area (Å²) in [6.45, 7) is 3.57. The number of anilines is 1. The maximum Gasteiger partial charge on any atom is 0.319 e. The lowest BCUT2D eigenvalue weighted by molar-refractivity contribution is -0.137. The number of carbonyl (C=O) groups excluding carboxylic acids is 1. The average Bonchev–Trinajstić information content (AvgIpc) is 2.31. The molecular formula is C13H16Br2N2O3. The second-order valence-electron chi connectivity index (χ2n) is 4.98. The second-order valence-corrected chi connectivity index (χ2v) is 6.75. The van der Waals surface area contributed by atoms with Crippen molar-refractivity contribution in [3.05, 3.63) is 27.1 Å². The maximum absolute atomic E-state index is 11.9. The van der Waals surface area contributed by atoms with Crippen LogP contribution in [-0.2, 0) is 4.79 Å². The highest BCUT2D eigenvalue weighted by atomic mass is 79.9. The van der Waals surface area contributed by atoms with E-state index in [1.165, 1.54) is 0 Å². The highest BCUT2D eigenvalue weighted by Crippen LogP contribution is 2.26. The van der Waals surface area contributed by atoms with Crippen LogP contribution >= 0.6 is 31.9 Å². The Labute approximate surface area is 134 Å². The minimum Gasteiger partial charge on any atom is -0.481 e. The van der Waals surface area contributed by atoms with E-state index in [1.54, 1.807) is 19.9 Å². The lowest BCUT2D eigenvalue weighted by Crippen LogP contribution is -2.45. The molecule has 1 rings (SSSR count). The van der Waals surface area contributed by atoms with Crippen LogP contribution in [-0.4, -0.2) is 22.6 Å². The van der Waals surface area contributed by atoms with Crippen LogP contribution in [0.1, 0.15) is 26.7 Å². The van der Waals surface area contributed by atoms with Gasteiger partial charge in [-0.1, -0.05) is 15.9 Å². The summed E-state index contributed by atoms with van der Waals surface area (Å²) in [5.74, 6) is -0.880. The van der Waals surface area contributed by atoms with Crippen LogP contribution in [0.25, 0.3) is 0 Å². The van der Waals surface area contributed by atoms with Gasteiger partial charge in [-0.3, -0.25) is 4.79 Å². The molecule has 7 heteroatoms. The van der Waals surface area contributed by atoms with Crippen molar-refractivity contribution in [2.24, 2.45) is 0 Å². The number of carboxylic acids is 1. The molecule has 0 bridgehead atoms. The quantitative estimate of drug-likeness (QED) is 0.690. The molecule has 0 saturated heterocycles. The van der Waals surface area contributed by atoms with Crippen LogP contribution in [0, 0.1) is 0 Å². The Bertz CT molecular complexity index is 518. The molecule has 0 heterocycles. The first kappa shape index (κ1) is 17.0. The van der Waals surface area contributed by atoms with Crippen molar-refractivity contribution in [2.45, 2.75) is 32.2 Å². The molecular weight excluding hydrogens is 392 g/mol. The number of carboxylic acid groups (broad SMARTS) is 1. The Hall–Kier alpha value is -1.08. The lowest BCUT2D eigenvalue weighted by atomic mass is 9.99. The van der Waals surface area contributed by atoms with Gasteiger partial charge in [0.05, 0.1) is 5.69 Å². The molecule has 0 atom stereocenters. The molecule has 110 valence electrons. The van der Waals surface area contributed by atoms with Gasteiger partial charge in [0, 0.05) is 20.9 Å². The first-order valence-corrected chi connectivity index (χ1v) is 7.54. The highest BCUT2D eigenvalue weighted by Gasteiger charge is 2.21. The number of hydrogen-bond acceptors (Lipinski definition) is 2. The van der Waals surface area contributed by atoms with E-state index in [0.717, 1.165) is 8.95 Å². The molecule has 5 nitrogen and oxygen atoms in total. The van der Waals surface area contributed by atoms with E-state index in [1.807, 2.05) is 12.1 Å². The van der Waals surface area contributed by atoms with Gasteiger partial charge >= 0.3 is 12.0 Å². The van der Waals surface area contributed by atoms with Crippen molar-refractivity contribution in [3.63, 3.8) is 0 Å². The van der Waals surface area contributed by atoms with Crippen molar-refractivity contribution >= 4 is 49.5 Å². The zero-order chi connectivity index (χ0) is 15.3. The van der Waals surface area contributed by atoms with Gasteiger partial charge in [-0.15, -0.1) is 0 Å². The van der Waals surface area contributed by atoms with Gasteiger partial charge in [-0.2, -0.15) is 0 Å². The topological polar surface area (TPSA) is 78.4 Å². The van der Waals surface area contributed by atoms with Crippen LogP contribution < -0.4 is 10.6 Å². The molecule has 1 aromatic carbocycles. The maximum atomic E-state index is 11.9. The highest BCUT2D eigenvalue weighted by molar-refractivity contribution is 9.11. The number of benzene rings is 1. The molecule has 0 aromatic heterocycles. The summed E-state index contributed by atoms with van der Waals surface area (Å²) in [5.41, 5.74) is 0.0342. The molecule has 0 aliphatic heterocycles. The van der Waals surface area contributed by atoms with E-state index in [2.05, 4.69) is 42.5 Å². The summed E-state index contributed by atoms with van der Waals surface area (Å²) in [4.78, 5) is 22.5. The van der Waals surface area contributed by atoms with Crippen molar-refractivity contribution in [2.75, 3.05) is 5.32 Å². The molecule has 1 aromatic rings. The monoisotopic (exact) mass is 406 g/mol. The van der Waals surface area contributed by atoms with Gasteiger partial charge in [-0.05, 0) is 54.4 Å². The fraction of sp³-hybridized carbons (Fsp3) is 0.385. The summed E-state index contributed by atoms with van der Waals surface area (Å²) in [6.07, 6.45) is 0.364. The zero-order valence-electron chi connectivity index (χ0n) is 11.2. The van der Waals surface area contributed by atoms with Crippen molar-refractivity contribution in [1.29, 1.82) is 0 Å². The van der Waals surface area contributed by atoms with Crippen molar-refractivity contribution in [1.82, 2.24) is 5.32 Å². The molecule has 0 aliphatic rings. The fourth-order valence-electron chi connectivity index (χ4n) is 1.54. The normalized spacial score (nSPS) is 11.0. The molecule has 0 radical (unpaired) electrons. The average molecular weight is 408 g/mol. The molecule has 20 heavy (non-hydrogen) atoms. The standard InChI is InChI=1S/C13H16Br2N2O3/c1-13(2,6-5-11(18)19)17-12(20)16-10-7-8(14)3-4-9(10)15/h3-4,7H,5-6H2,1-2H3,(H,18,19)(H2,16,17,20). The number of rotatable bonds is 5. The fourth-order valence-corrected chi connectivity index (χ4v) is 2.24. The summed E-state index contributed by atoms with van der Waals surface area (Å²) in [7, 11) is 0. The molecule has 3 N–H and O–H groups in total. The van der Waals surface area contributed by atoms with Gasteiger partial charge in [0.25, 0.3) is 0 Å². The third-order valence-corrected chi connectivity index (χ3v) is 3.78. The third-order valence-electron chi connectivity index (χ3n) is 2.59. The largest absolute Gasteiger partial charge is 0.481 e. The predicted molar refractivity (Wildman–Crippen MR) is 84.9 cm³/mol. The number of hydrogen-bond donors (Lipinski definition) is 3. The molecule has 0 aliphatic carbocycles. The first-order valence-electron chi connectivity index (χ1n) is 5.95. The third kappa shape index (κ3) is 5.92. The number of halogens is 2. The van der Waals surface area contributed by atoms with Gasteiger partial charge in [0.15, 0.2) is 0 Å². The number of amides is 2. The molecule has 2 amide bonds. The van der Waals surface area contributed by atoms with Crippen LogP contribution in [0.15, 0.2) is 27.1 Å². The van der Waals surface area contributed by atoms with E-state index >= 15 is 0 Å². The summed E-state index contributed by atoms with van der Waals surface area (Å²) >= 11 is 6.68. The Morgan fingerprint density at radius 1 is 1.30 bits per heavy atom. The zero-order valence-corrected chi connectivity index (χ0v) is 14.3. The van der Waals surface area contributed by atoms with E-state index in [4.69, 9.17) is 5.11 Å². The molecule has 0 saturated carbocycles. The lowest BCUT2D eigenvalue weighted by Gasteiger charge is -2.25. The number of aliphatic carboxylic acids is 1. The summed E-state index contributed by atoms with van der Waals surface area (Å²) in [5, 5.41) is 14.2. The van der Waals surface area contributed by atoms with Crippen LogP contribution in [0.2, 0.25) is 0 Å². The second kappa shape index (κ2) is 7.08. The van der Waals surface area contributed by atoms with Gasteiger partial charge in [0.2, 0.25) is 0 Å². The molecule has 0 unspecified atom stereocenters. The van der Waals surface area contributed by atoms with Crippen molar-refractivity contribution in [3.8, 4) is 0 Å². The Morgan fingerprint density at radius 3 is 2.55 bits per heavy atom. The van der Waals surface area contributed by atoms with E-state index in [0.29, 0.717) is 12.1 Å². The van der Waals surface area contributed by atoms with E-state index in [-0.39, 0.29) is 12.5 Å². The van der Waals surface area contributed by atoms with Crippen LogP contribution in [0.5, 0.6) is 0 Å². The van der Waals surface area contributed by atoms with Gasteiger partial charge in [-0.25, -0.2) is 4.79 Å². The first-order chi connectivity index (χ1) is 9.19. The molecule has 0 spiro atoms. The summed E-state index contributed by atoms with van der Waals surface area (Å²) in [6, 6.07) is 5.06. The SMILES string of the molecule is CC(C)(CCC(=O)O)NC(=O)Nc1cc(Br)ccc1Br. The van der Waals surface area contributed by atoms with Gasteiger partial charge in [0.1, 0.15) is 0 Å². The Kier molecular flexibility index (Phi) is 6.01. The van der Waals surface area contributed by atoms with E-state index in [9.17, 15) is 9.59 Å². The number of nitrogens with one attached hydrogen (secondary N) is 2. The number of urea groups is 1. The van der Waals surface area contributed by atoms with Crippen LogP contribution in [0.3, 0.4) is 0 Å². The van der Waals surface area contributed by atoms with Crippen molar-refractivity contribution < 1.29 is 14.7 Å². The van der Waals surface area contributed by atoms with Gasteiger partial charge < -0.3 is 15.7 Å². The Balaban J connectivity index is 2.63. The minimum absolute atomic E-state index is 0.00780. The number of carbonyl (C=O) groups is 2. The minimum atomic E-state index is -0.880. The molecule has 0 fully saturated rings. The smallest absolute Gasteiger partial charge is 0.319 e. The van der Waals surface area contributed by atoms with E-state index < -0.39 is 11.5 Å².